The third kappa shape index (κ3) is 6.05. The van der Waals surface area contributed by atoms with E-state index in [-0.39, 0.29) is 23.0 Å². The maximum Gasteiger partial charge on any atom is 0.305 e. The maximum atomic E-state index is 12.6. The van der Waals surface area contributed by atoms with Crippen molar-refractivity contribution < 1.29 is 27.9 Å². The third-order valence-electron chi connectivity index (χ3n) is 4.84. The molecule has 2 heterocycles. The van der Waals surface area contributed by atoms with Crippen molar-refractivity contribution in [2.24, 2.45) is 0 Å². The van der Waals surface area contributed by atoms with Gasteiger partial charge in [-0.3, -0.25) is 24.3 Å². The Bertz CT molecular complexity index is 893. The number of amides is 1. The highest BCUT2D eigenvalue weighted by molar-refractivity contribution is 7.89. The van der Waals surface area contributed by atoms with Crippen molar-refractivity contribution in [3.63, 3.8) is 0 Å². The number of ketones is 1. The fraction of sp³-hybridized carbons (Fsp3) is 0.556. The number of nitrogens with one attached hydrogen (secondary N) is 2. The highest BCUT2D eigenvalue weighted by Crippen LogP contribution is 2.22. The van der Waals surface area contributed by atoms with Crippen LogP contribution in [0.3, 0.4) is 0 Å². The summed E-state index contributed by atoms with van der Waals surface area (Å²) >= 11 is 0. The van der Waals surface area contributed by atoms with E-state index in [0.717, 1.165) is 51.0 Å². The van der Waals surface area contributed by atoms with Crippen LogP contribution in [0.4, 0.5) is 0 Å². The number of hydrogen-bond acceptors (Lipinski definition) is 7. The number of carbonyl (C=O) groups is 3. The molecule has 2 fully saturated rings. The highest BCUT2D eigenvalue weighted by atomic mass is 32.2. The summed E-state index contributed by atoms with van der Waals surface area (Å²) in [7, 11) is -3.79. The molecule has 10 nitrogen and oxygen atoms in total. The Balaban J connectivity index is 1.70. The summed E-state index contributed by atoms with van der Waals surface area (Å²) in [4.78, 5) is 41.8. The second kappa shape index (κ2) is 8.97. The van der Waals surface area contributed by atoms with Crippen molar-refractivity contribution in [3.8, 4) is 0 Å². The first kappa shape index (κ1) is 21.3. The molecule has 3 N–H and O–H groups in total. The van der Waals surface area contributed by atoms with Gasteiger partial charge in [0.05, 0.1) is 24.6 Å². The number of likely N-dealkylation sites (tertiary alicyclic amines) is 1. The van der Waals surface area contributed by atoms with Gasteiger partial charge in [0.1, 0.15) is 4.90 Å². The van der Waals surface area contributed by atoms with Gasteiger partial charge < -0.3 is 10.4 Å². The predicted octanol–water partition coefficient (Wildman–Crippen LogP) is -0.240. The molecule has 3 rings (SSSR count). The standard InChI is InChI=1S/C18H24N4O6S/c23-16(11-22-5-1-2-6-22)15(8-17(24)25)20-18(26)12-7-14(10-19-9-12)29(27,28)21-13-3-4-13/h7,9-10,13,15,21H,1-6,8,11H2,(H,20,26)(H,24,25)/t15-/m0/s1. The molecule has 1 aromatic rings. The average molecular weight is 424 g/mol. The molecule has 29 heavy (non-hydrogen) atoms. The minimum absolute atomic E-state index is 0.0620. The lowest BCUT2D eigenvalue weighted by atomic mass is 10.1. The maximum absolute atomic E-state index is 12.6. The minimum atomic E-state index is -3.79. The summed E-state index contributed by atoms with van der Waals surface area (Å²) in [5, 5.41) is 11.5. The SMILES string of the molecule is O=C(O)C[C@H](NC(=O)c1cncc(S(=O)(=O)NC2CC2)c1)C(=O)CN1CCCC1. The molecule has 0 radical (unpaired) electrons. The van der Waals surface area contributed by atoms with Crippen LogP contribution < -0.4 is 10.0 Å². The molecule has 11 heteroatoms. The summed E-state index contributed by atoms with van der Waals surface area (Å²) in [5.41, 5.74) is -0.0620. The van der Waals surface area contributed by atoms with Gasteiger partial charge in [-0.15, -0.1) is 0 Å². The second-order valence-corrected chi connectivity index (χ2v) is 9.09. The third-order valence-corrected chi connectivity index (χ3v) is 6.32. The fourth-order valence-electron chi connectivity index (χ4n) is 3.11. The molecule has 2 aliphatic rings. The smallest absolute Gasteiger partial charge is 0.305 e. The highest BCUT2D eigenvalue weighted by Gasteiger charge is 2.30. The van der Waals surface area contributed by atoms with E-state index in [4.69, 9.17) is 5.11 Å². The minimum Gasteiger partial charge on any atom is -0.481 e. The second-order valence-electron chi connectivity index (χ2n) is 7.38. The number of carboxylic acids is 1. The van der Waals surface area contributed by atoms with Crippen molar-refractivity contribution in [2.45, 2.75) is 49.1 Å². The normalized spacial score (nSPS) is 18.3. The zero-order valence-electron chi connectivity index (χ0n) is 15.8. The molecular weight excluding hydrogens is 400 g/mol. The molecule has 1 saturated carbocycles. The van der Waals surface area contributed by atoms with Crippen LogP contribution in [-0.4, -0.2) is 72.8 Å². The molecule has 1 aromatic heterocycles. The number of aromatic nitrogens is 1. The van der Waals surface area contributed by atoms with E-state index in [1.54, 1.807) is 0 Å². The predicted molar refractivity (Wildman–Crippen MR) is 102 cm³/mol. The average Bonchev–Trinajstić information content (AvgIpc) is 3.31. The number of Topliss-reactive ketones (excluding diaryl/α,β-unsaturated/α-hetero) is 1. The molecule has 158 valence electrons. The van der Waals surface area contributed by atoms with Crippen molar-refractivity contribution in [1.82, 2.24) is 19.9 Å². The Kier molecular flexibility index (Phi) is 6.60. The summed E-state index contributed by atoms with van der Waals surface area (Å²) in [6, 6.07) is -0.137. The molecule has 0 unspecified atom stereocenters. The Morgan fingerprint density at radius 3 is 2.52 bits per heavy atom. The number of pyridine rings is 1. The van der Waals surface area contributed by atoms with Crippen LogP contribution in [0, 0.1) is 0 Å². The number of rotatable bonds is 10. The number of aliphatic carboxylic acids is 1. The summed E-state index contributed by atoms with van der Waals surface area (Å²) in [6.45, 7) is 1.59. The molecule has 1 amide bonds. The van der Waals surface area contributed by atoms with E-state index >= 15 is 0 Å². The first-order valence-electron chi connectivity index (χ1n) is 9.50. The molecular formula is C18H24N4O6S. The van der Waals surface area contributed by atoms with E-state index in [0.29, 0.717) is 0 Å². The van der Waals surface area contributed by atoms with E-state index in [1.807, 2.05) is 4.90 Å². The molecule has 0 spiro atoms. The number of carboxylic acid groups (broad SMARTS) is 1. The van der Waals surface area contributed by atoms with Crippen LogP contribution >= 0.6 is 0 Å². The van der Waals surface area contributed by atoms with E-state index < -0.39 is 40.1 Å². The summed E-state index contributed by atoms with van der Waals surface area (Å²) < 4.78 is 27.1. The number of hydrogen-bond donors (Lipinski definition) is 3. The Hall–Kier alpha value is -2.37. The molecule has 1 atom stereocenters. The van der Waals surface area contributed by atoms with E-state index in [1.165, 1.54) is 6.20 Å². The van der Waals surface area contributed by atoms with Gasteiger partial charge in [-0.25, -0.2) is 13.1 Å². The Morgan fingerprint density at radius 1 is 1.21 bits per heavy atom. The molecule has 0 aromatic carbocycles. The zero-order valence-corrected chi connectivity index (χ0v) is 16.7. The lowest BCUT2D eigenvalue weighted by Crippen LogP contribution is -2.46. The number of sulfonamides is 1. The molecule has 1 aliphatic heterocycles. The summed E-state index contributed by atoms with van der Waals surface area (Å²) in [5.74, 6) is -2.36. The van der Waals surface area contributed by atoms with Crippen LogP contribution in [0.15, 0.2) is 23.4 Å². The Morgan fingerprint density at radius 2 is 1.90 bits per heavy atom. The van der Waals surface area contributed by atoms with Gasteiger partial charge in [-0.05, 0) is 44.8 Å². The monoisotopic (exact) mass is 424 g/mol. The zero-order chi connectivity index (χ0) is 21.0. The molecule has 1 saturated heterocycles. The van der Waals surface area contributed by atoms with Crippen molar-refractivity contribution in [3.05, 3.63) is 24.0 Å². The van der Waals surface area contributed by atoms with Crippen molar-refractivity contribution >= 4 is 27.7 Å². The molecule has 1 aliphatic carbocycles. The van der Waals surface area contributed by atoms with Gasteiger partial charge in [0, 0.05) is 18.4 Å². The number of carbonyl (C=O) groups excluding carboxylic acids is 2. The van der Waals surface area contributed by atoms with Crippen molar-refractivity contribution in [2.75, 3.05) is 19.6 Å². The van der Waals surface area contributed by atoms with Gasteiger partial charge >= 0.3 is 5.97 Å². The first-order chi connectivity index (χ1) is 13.7. The van der Waals surface area contributed by atoms with Crippen LogP contribution in [0.1, 0.15) is 42.5 Å². The van der Waals surface area contributed by atoms with E-state index in [9.17, 15) is 22.8 Å². The fourth-order valence-corrected chi connectivity index (χ4v) is 4.40. The van der Waals surface area contributed by atoms with Crippen LogP contribution in [0.25, 0.3) is 0 Å². The van der Waals surface area contributed by atoms with Gasteiger partial charge in [-0.1, -0.05) is 0 Å². The lowest BCUT2D eigenvalue weighted by Gasteiger charge is -2.20. The molecule has 0 bridgehead atoms. The van der Waals surface area contributed by atoms with Crippen LogP contribution in [0.5, 0.6) is 0 Å². The van der Waals surface area contributed by atoms with Gasteiger partial charge in [0.2, 0.25) is 10.0 Å². The quantitative estimate of drug-likeness (QED) is 0.466. The van der Waals surface area contributed by atoms with Gasteiger partial charge in [-0.2, -0.15) is 0 Å². The topological polar surface area (TPSA) is 146 Å². The first-order valence-corrected chi connectivity index (χ1v) is 11.0. The largest absolute Gasteiger partial charge is 0.481 e. The Labute approximate surface area is 168 Å². The van der Waals surface area contributed by atoms with E-state index in [2.05, 4.69) is 15.0 Å². The number of nitrogens with zero attached hydrogens (tertiary/aromatic N) is 2. The summed E-state index contributed by atoms with van der Waals surface area (Å²) in [6.07, 6.45) is 5.25. The van der Waals surface area contributed by atoms with Gasteiger partial charge in [0.15, 0.2) is 5.78 Å². The lowest BCUT2D eigenvalue weighted by molar-refractivity contribution is -0.139. The van der Waals surface area contributed by atoms with Crippen LogP contribution in [0.2, 0.25) is 0 Å². The van der Waals surface area contributed by atoms with Crippen molar-refractivity contribution in [1.29, 1.82) is 0 Å². The van der Waals surface area contributed by atoms with Gasteiger partial charge in [0.25, 0.3) is 5.91 Å². The van der Waals surface area contributed by atoms with Crippen LogP contribution in [-0.2, 0) is 19.6 Å².